The molecule has 0 aromatic rings. The summed E-state index contributed by atoms with van der Waals surface area (Å²) < 4.78 is 5.77. The molecule has 0 spiro atoms. The molecule has 2 rings (SSSR count). The summed E-state index contributed by atoms with van der Waals surface area (Å²) in [6, 6.07) is 0. The van der Waals surface area contributed by atoms with Gasteiger partial charge in [-0.05, 0) is 18.8 Å². The topological polar surface area (TPSA) is 26.3 Å². The molecule has 0 radical (unpaired) electrons. The highest BCUT2D eigenvalue weighted by Crippen LogP contribution is 2.56. The van der Waals surface area contributed by atoms with E-state index in [0.29, 0.717) is 12.0 Å². The van der Waals surface area contributed by atoms with Gasteiger partial charge in [-0.3, -0.25) is 0 Å². The summed E-state index contributed by atoms with van der Waals surface area (Å²) in [5, 5.41) is 0. The predicted octanol–water partition coefficient (Wildman–Crippen LogP) is 1.78. The Morgan fingerprint density at radius 1 is 1.50 bits per heavy atom. The van der Waals surface area contributed by atoms with Crippen molar-refractivity contribution in [3.05, 3.63) is 0 Å². The van der Waals surface area contributed by atoms with Crippen molar-refractivity contribution in [3.8, 4) is 0 Å². The molecule has 68 valence electrons. The molecule has 0 saturated carbocycles. The second-order valence-corrected chi connectivity index (χ2v) is 4.88. The van der Waals surface area contributed by atoms with Crippen molar-refractivity contribution in [1.82, 2.24) is 0 Å². The van der Waals surface area contributed by atoms with Crippen LogP contribution in [-0.2, 0) is 9.53 Å². The smallest absolute Gasteiger partial charge is 0.152 e. The Bertz CT molecular complexity index is 222. The molecule has 2 fully saturated rings. The molecule has 2 aliphatic heterocycles. The Morgan fingerprint density at radius 2 is 2.17 bits per heavy atom. The molecule has 2 heteroatoms. The number of hydrogen-bond acceptors (Lipinski definition) is 2. The minimum absolute atomic E-state index is 0.0388. The van der Waals surface area contributed by atoms with E-state index in [1.807, 2.05) is 0 Å². The third-order valence-corrected chi connectivity index (χ3v) is 3.68. The van der Waals surface area contributed by atoms with Gasteiger partial charge in [0.05, 0.1) is 6.10 Å². The van der Waals surface area contributed by atoms with Crippen LogP contribution in [0.3, 0.4) is 0 Å². The van der Waals surface area contributed by atoms with Crippen LogP contribution in [0.4, 0.5) is 0 Å². The molecular weight excluding hydrogens is 152 g/mol. The van der Waals surface area contributed by atoms with Gasteiger partial charge in [0, 0.05) is 5.41 Å². The van der Waals surface area contributed by atoms with Crippen molar-refractivity contribution in [3.63, 3.8) is 0 Å². The number of ether oxygens (including phenoxy) is 1. The summed E-state index contributed by atoms with van der Waals surface area (Å²) in [6.45, 7) is 6.39. The highest BCUT2D eigenvalue weighted by molar-refractivity contribution is 5.66. The van der Waals surface area contributed by atoms with Gasteiger partial charge in [0.2, 0.25) is 0 Å². The normalized spacial score (nSPS) is 49.6. The van der Waals surface area contributed by atoms with E-state index >= 15 is 0 Å². The fraction of sp³-hybridized carbons (Fsp3) is 0.900. The van der Waals surface area contributed by atoms with Gasteiger partial charge in [0.25, 0.3) is 0 Å². The molecule has 2 saturated heterocycles. The fourth-order valence-corrected chi connectivity index (χ4v) is 2.99. The van der Waals surface area contributed by atoms with E-state index in [1.165, 1.54) is 0 Å². The Hall–Kier alpha value is -0.370. The second-order valence-electron chi connectivity index (χ2n) is 4.88. The molecular formula is C10H16O2. The Balaban J connectivity index is 2.41. The molecule has 0 aromatic heterocycles. The molecule has 0 N–H and O–H groups in total. The first-order chi connectivity index (χ1) is 5.52. The first kappa shape index (κ1) is 8.24. The molecule has 2 bridgehead atoms. The van der Waals surface area contributed by atoms with Crippen LogP contribution in [0.25, 0.3) is 0 Å². The van der Waals surface area contributed by atoms with Gasteiger partial charge >= 0.3 is 0 Å². The average Bonchev–Trinajstić information content (AvgIpc) is 2.37. The number of hydrogen-bond donors (Lipinski definition) is 0. The lowest BCUT2D eigenvalue weighted by Crippen LogP contribution is -2.47. The summed E-state index contributed by atoms with van der Waals surface area (Å²) >= 11 is 0. The zero-order chi connectivity index (χ0) is 8.98. The van der Waals surface area contributed by atoms with Gasteiger partial charge in [-0.2, -0.15) is 0 Å². The van der Waals surface area contributed by atoms with Crippen molar-refractivity contribution < 1.29 is 9.53 Å². The Kier molecular flexibility index (Phi) is 1.45. The summed E-state index contributed by atoms with van der Waals surface area (Å²) in [5.41, 5.74) is -0.436. The first-order valence-corrected chi connectivity index (χ1v) is 4.66. The number of carbonyl (C=O) groups is 1. The van der Waals surface area contributed by atoms with E-state index in [0.717, 1.165) is 19.1 Å². The maximum absolute atomic E-state index is 11.1. The summed E-state index contributed by atoms with van der Waals surface area (Å²) in [5.74, 6) is 0.392. The minimum Gasteiger partial charge on any atom is -0.363 e. The molecule has 2 aliphatic rings. The van der Waals surface area contributed by atoms with E-state index in [2.05, 4.69) is 20.8 Å². The monoisotopic (exact) mass is 168 g/mol. The molecule has 2 heterocycles. The summed E-state index contributed by atoms with van der Waals surface area (Å²) in [7, 11) is 0. The second kappa shape index (κ2) is 2.11. The number of rotatable bonds is 1. The van der Waals surface area contributed by atoms with Gasteiger partial charge in [0.1, 0.15) is 5.60 Å². The highest BCUT2D eigenvalue weighted by atomic mass is 16.5. The number of carbonyl (C=O) groups excluding carboxylic acids is 1. The van der Waals surface area contributed by atoms with Crippen LogP contribution in [0, 0.1) is 11.3 Å². The van der Waals surface area contributed by atoms with Crippen molar-refractivity contribution in [2.75, 3.05) is 0 Å². The van der Waals surface area contributed by atoms with Crippen molar-refractivity contribution in [2.24, 2.45) is 11.3 Å². The zero-order valence-electron chi connectivity index (χ0n) is 7.96. The average molecular weight is 168 g/mol. The maximum atomic E-state index is 11.1. The lowest BCUT2D eigenvalue weighted by molar-refractivity contribution is -0.135. The lowest BCUT2D eigenvalue weighted by atomic mass is 9.64. The maximum Gasteiger partial charge on any atom is 0.152 e. The Labute approximate surface area is 73.3 Å². The molecule has 2 nitrogen and oxygen atoms in total. The lowest BCUT2D eigenvalue weighted by Gasteiger charge is -2.38. The van der Waals surface area contributed by atoms with E-state index in [-0.39, 0.29) is 5.41 Å². The van der Waals surface area contributed by atoms with Crippen molar-refractivity contribution in [2.45, 2.75) is 45.3 Å². The van der Waals surface area contributed by atoms with Gasteiger partial charge < -0.3 is 9.53 Å². The molecule has 3 unspecified atom stereocenters. The Morgan fingerprint density at radius 3 is 2.50 bits per heavy atom. The van der Waals surface area contributed by atoms with Crippen molar-refractivity contribution in [1.29, 1.82) is 0 Å². The SMILES string of the molecule is CC1CC2CC(C)(C)C1(C=O)O2. The van der Waals surface area contributed by atoms with Gasteiger partial charge in [0.15, 0.2) is 6.29 Å². The van der Waals surface area contributed by atoms with Crippen molar-refractivity contribution >= 4 is 6.29 Å². The predicted molar refractivity (Wildman–Crippen MR) is 45.8 cm³/mol. The highest BCUT2D eigenvalue weighted by Gasteiger charge is 2.62. The standard InChI is InChI=1S/C10H16O2/c1-7-4-8-5-9(2,3)10(7,6-11)12-8/h6-8H,4-5H2,1-3H3. The largest absolute Gasteiger partial charge is 0.363 e. The van der Waals surface area contributed by atoms with E-state index in [1.54, 1.807) is 0 Å². The van der Waals surface area contributed by atoms with Crippen LogP contribution >= 0.6 is 0 Å². The minimum atomic E-state index is -0.475. The molecule has 0 aromatic carbocycles. The molecule has 0 aliphatic carbocycles. The third-order valence-electron chi connectivity index (χ3n) is 3.68. The van der Waals surface area contributed by atoms with Gasteiger partial charge in [-0.1, -0.05) is 20.8 Å². The van der Waals surface area contributed by atoms with Crippen LogP contribution in [0.15, 0.2) is 0 Å². The van der Waals surface area contributed by atoms with Crippen LogP contribution in [-0.4, -0.2) is 18.0 Å². The molecule has 12 heavy (non-hydrogen) atoms. The summed E-state index contributed by atoms with van der Waals surface area (Å²) in [4.78, 5) is 11.1. The first-order valence-electron chi connectivity index (χ1n) is 4.66. The van der Waals surface area contributed by atoms with E-state index in [4.69, 9.17) is 4.74 Å². The summed E-state index contributed by atoms with van der Waals surface area (Å²) in [6.07, 6.45) is 3.46. The number of fused-ring (bicyclic) bond motifs is 2. The van der Waals surface area contributed by atoms with E-state index < -0.39 is 5.60 Å². The fourth-order valence-electron chi connectivity index (χ4n) is 2.99. The quantitative estimate of drug-likeness (QED) is 0.558. The zero-order valence-corrected chi connectivity index (χ0v) is 7.96. The van der Waals surface area contributed by atoms with Crippen LogP contribution < -0.4 is 0 Å². The van der Waals surface area contributed by atoms with E-state index in [9.17, 15) is 4.79 Å². The molecule has 0 amide bonds. The van der Waals surface area contributed by atoms with Crippen LogP contribution in [0.2, 0.25) is 0 Å². The number of aldehydes is 1. The van der Waals surface area contributed by atoms with Crippen LogP contribution in [0.5, 0.6) is 0 Å². The molecule has 3 atom stereocenters. The van der Waals surface area contributed by atoms with Crippen LogP contribution in [0.1, 0.15) is 33.6 Å². The van der Waals surface area contributed by atoms with Gasteiger partial charge in [-0.15, -0.1) is 0 Å². The third kappa shape index (κ3) is 0.717. The van der Waals surface area contributed by atoms with Gasteiger partial charge in [-0.25, -0.2) is 0 Å².